The van der Waals surface area contributed by atoms with Crippen LogP contribution in [0, 0.1) is 0 Å². The molecule has 0 spiro atoms. The molecule has 0 bridgehead atoms. The predicted molar refractivity (Wildman–Crippen MR) is 84.2 cm³/mol. The predicted octanol–water partition coefficient (Wildman–Crippen LogP) is 2.53. The van der Waals surface area contributed by atoms with E-state index in [4.69, 9.17) is 11.6 Å². The summed E-state index contributed by atoms with van der Waals surface area (Å²) in [5, 5.41) is 12.0. The fourth-order valence-corrected chi connectivity index (χ4v) is 2.59. The van der Waals surface area contributed by atoms with Crippen LogP contribution in [-0.2, 0) is 17.9 Å². The van der Waals surface area contributed by atoms with E-state index < -0.39 is 0 Å². The molecular weight excluding hydrogens is 308 g/mol. The average Bonchev–Trinajstić information content (AvgIpc) is 2.92. The van der Waals surface area contributed by atoms with Gasteiger partial charge in [0.25, 0.3) is 0 Å². The van der Waals surface area contributed by atoms with Gasteiger partial charge in [-0.15, -0.1) is 16.8 Å². The van der Waals surface area contributed by atoms with E-state index in [1.807, 2.05) is 22.8 Å². The maximum atomic E-state index is 11.8. The normalized spacial score (nSPS) is 10.3. The third-order valence-corrected chi connectivity index (χ3v) is 4.02. The second-order valence-corrected chi connectivity index (χ2v) is 5.56. The molecule has 2 rings (SSSR count). The van der Waals surface area contributed by atoms with Crippen molar-refractivity contribution in [2.75, 3.05) is 5.75 Å². The van der Waals surface area contributed by atoms with E-state index in [2.05, 4.69) is 22.1 Å². The lowest BCUT2D eigenvalue weighted by atomic mass is 10.2. The minimum atomic E-state index is -0.0759. The van der Waals surface area contributed by atoms with Crippen molar-refractivity contribution in [3.05, 3.63) is 53.8 Å². The van der Waals surface area contributed by atoms with Gasteiger partial charge in [-0.1, -0.05) is 47.6 Å². The number of allylic oxidation sites excluding steroid dienone is 1. The summed E-state index contributed by atoms with van der Waals surface area (Å²) in [5.41, 5.74) is 0.896. The van der Waals surface area contributed by atoms with Gasteiger partial charge in [-0.25, -0.2) is 0 Å². The Hall–Kier alpha value is -1.79. The zero-order valence-electron chi connectivity index (χ0n) is 11.3. The molecule has 0 unspecified atom stereocenters. The second kappa shape index (κ2) is 7.85. The minimum Gasteiger partial charge on any atom is -0.351 e. The van der Waals surface area contributed by atoms with Crippen molar-refractivity contribution in [3.8, 4) is 0 Å². The smallest absolute Gasteiger partial charge is 0.230 e. The molecule has 2 aromatic rings. The van der Waals surface area contributed by atoms with Crippen LogP contribution in [0.1, 0.15) is 5.56 Å². The molecule has 1 aromatic heterocycles. The first-order chi connectivity index (χ1) is 10.2. The van der Waals surface area contributed by atoms with Crippen LogP contribution in [0.15, 0.2) is 48.4 Å². The molecule has 0 aliphatic rings. The minimum absolute atomic E-state index is 0.0759. The second-order valence-electron chi connectivity index (χ2n) is 4.21. The highest BCUT2D eigenvalue weighted by atomic mass is 35.5. The average molecular weight is 323 g/mol. The van der Waals surface area contributed by atoms with Gasteiger partial charge in [0.05, 0.1) is 5.75 Å². The van der Waals surface area contributed by atoms with Crippen molar-refractivity contribution in [1.29, 1.82) is 0 Å². The summed E-state index contributed by atoms with van der Waals surface area (Å²) >= 11 is 7.37. The quantitative estimate of drug-likeness (QED) is 0.628. The highest BCUT2D eigenvalue weighted by molar-refractivity contribution is 7.99. The van der Waals surface area contributed by atoms with E-state index in [1.54, 1.807) is 18.5 Å². The van der Waals surface area contributed by atoms with Crippen molar-refractivity contribution < 1.29 is 4.79 Å². The summed E-state index contributed by atoms with van der Waals surface area (Å²) in [5.74, 6) is 0.202. The van der Waals surface area contributed by atoms with Gasteiger partial charge < -0.3 is 9.88 Å². The number of nitrogens with one attached hydrogen (secondary N) is 1. The topological polar surface area (TPSA) is 59.8 Å². The number of carbonyl (C=O) groups is 1. The molecule has 5 nitrogen and oxygen atoms in total. The molecule has 0 aliphatic heterocycles. The van der Waals surface area contributed by atoms with Gasteiger partial charge in [-0.05, 0) is 11.6 Å². The van der Waals surface area contributed by atoms with Crippen LogP contribution in [0.5, 0.6) is 0 Å². The third kappa shape index (κ3) is 4.61. The summed E-state index contributed by atoms with van der Waals surface area (Å²) in [6.45, 7) is 4.70. The van der Waals surface area contributed by atoms with Gasteiger partial charge in [0.1, 0.15) is 6.33 Å². The number of benzene rings is 1. The molecule has 110 valence electrons. The molecule has 0 fully saturated rings. The van der Waals surface area contributed by atoms with Crippen molar-refractivity contribution in [1.82, 2.24) is 20.1 Å². The number of thioether (sulfide) groups is 1. The molecule has 0 atom stereocenters. The van der Waals surface area contributed by atoms with Gasteiger partial charge in [-0.2, -0.15) is 0 Å². The first kappa shape index (κ1) is 15.6. The number of halogens is 1. The Morgan fingerprint density at radius 2 is 2.29 bits per heavy atom. The monoisotopic (exact) mass is 322 g/mol. The summed E-state index contributed by atoms with van der Waals surface area (Å²) in [4.78, 5) is 11.8. The van der Waals surface area contributed by atoms with E-state index in [9.17, 15) is 4.79 Å². The van der Waals surface area contributed by atoms with E-state index in [0.717, 1.165) is 5.56 Å². The Labute approximate surface area is 132 Å². The van der Waals surface area contributed by atoms with Gasteiger partial charge in [0.2, 0.25) is 5.91 Å². The molecule has 0 radical (unpaired) electrons. The van der Waals surface area contributed by atoms with E-state index in [-0.39, 0.29) is 11.7 Å². The fourth-order valence-electron chi connectivity index (χ4n) is 1.64. The number of carbonyl (C=O) groups excluding carboxylic acids is 1. The van der Waals surface area contributed by atoms with E-state index in [1.165, 1.54) is 11.8 Å². The number of rotatable bonds is 7. The molecule has 21 heavy (non-hydrogen) atoms. The van der Waals surface area contributed by atoms with Gasteiger partial charge >= 0.3 is 0 Å². The Kier molecular flexibility index (Phi) is 5.83. The standard InChI is InChI=1S/C14H15ClN4OS/c1-2-7-19-10-17-18-14(19)21-9-13(20)16-8-11-5-3-4-6-12(11)15/h2-6,10H,1,7-9H2,(H,16,20). The molecule has 0 aliphatic carbocycles. The van der Waals surface area contributed by atoms with Crippen LogP contribution >= 0.6 is 23.4 Å². The number of aromatic nitrogens is 3. The molecule has 1 aromatic carbocycles. The zero-order chi connectivity index (χ0) is 15.1. The number of hydrogen-bond acceptors (Lipinski definition) is 4. The largest absolute Gasteiger partial charge is 0.351 e. The lowest BCUT2D eigenvalue weighted by Crippen LogP contribution is -2.24. The van der Waals surface area contributed by atoms with E-state index >= 15 is 0 Å². The van der Waals surface area contributed by atoms with Crippen molar-refractivity contribution in [2.45, 2.75) is 18.2 Å². The molecule has 7 heteroatoms. The van der Waals surface area contributed by atoms with E-state index in [0.29, 0.717) is 23.3 Å². The summed E-state index contributed by atoms with van der Waals surface area (Å²) in [7, 11) is 0. The molecular formula is C14H15ClN4OS. The maximum Gasteiger partial charge on any atom is 0.230 e. The Balaban J connectivity index is 1.81. The summed E-state index contributed by atoms with van der Waals surface area (Å²) in [6, 6.07) is 7.43. The van der Waals surface area contributed by atoms with Crippen molar-refractivity contribution in [2.24, 2.45) is 0 Å². The zero-order valence-corrected chi connectivity index (χ0v) is 12.9. The van der Waals surface area contributed by atoms with Crippen LogP contribution < -0.4 is 5.32 Å². The van der Waals surface area contributed by atoms with Gasteiger partial charge in [-0.3, -0.25) is 4.79 Å². The van der Waals surface area contributed by atoms with Crippen molar-refractivity contribution in [3.63, 3.8) is 0 Å². The summed E-state index contributed by atoms with van der Waals surface area (Å²) in [6.07, 6.45) is 3.37. The SMILES string of the molecule is C=CCn1cnnc1SCC(=O)NCc1ccccc1Cl. The molecule has 0 saturated carbocycles. The number of nitrogens with zero attached hydrogens (tertiary/aromatic N) is 3. The Morgan fingerprint density at radius 1 is 1.48 bits per heavy atom. The lowest BCUT2D eigenvalue weighted by molar-refractivity contribution is -0.118. The lowest BCUT2D eigenvalue weighted by Gasteiger charge is -2.07. The first-order valence-electron chi connectivity index (χ1n) is 6.32. The first-order valence-corrected chi connectivity index (χ1v) is 7.68. The number of amides is 1. The highest BCUT2D eigenvalue weighted by Gasteiger charge is 2.08. The van der Waals surface area contributed by atoms with Crippen LogP contribution in [0.3, 0.4) is 0 Å². The Morgan fingerprint density at radius 3 is 3.05 bits per heavy atom. The molecule has 1 heterocycles. The van der Waals surface area contributed by atoms with Crippen LogP contribution in [0.4, 0.5) is 0 Å². The van der Waals surface area contributed by atoms with Crippen molar-refractivity contribution >= 4 is 29.3 Å². The van der Waals surface area contributed by atoms with Crippen LogP contribution in [0.25, 0.3) is 0 Å². The van der Waals surface area contributed by atoms with Gasteiger partial charge in [0.15, 0.2) is 5.16 Å². The molecule has 0 saturated heterocycles. The maximum absolute atomic E-state index is 11.8. The summed E-state index contributed by atoms with van der Waals surface area (Å²) < 4.78 is 1.83. The van der Waals surface area contributed by atoms with Crippen LogP contribution in [0.2, 0.25) is 5.02 Å². The third-order valence-electron chi connectivity index (χ3n) is 2.67. The van der Waals surface area contributed by atoms with Crippen LogP contribution in [-0.4, -0.2) is 26.4 Å². The molecule has 1 N–H and O–H groups in total. The molecule has 1 amide bonds. The fraction of sp³-hybridized carbons (Fsp3) is 0.214. The van der Waals surface area contributed by atoms with Gasteiger partial charge in [0, 0.05) is 18.1 Å². The highest BCUT2D eigenvalue weighted by Crippen LogP contribution is 2.16. The Bertz CT molecular complexity index is 629. The number of hydrogen-bond donors (Lipinski definition) is 1.